The van der Waals surface area contributed by atoms with Crippen LogP contribution in [0.5, 0.6) is 0 Å². The van der Waals surface area contributed by atoms with E-state index in [9.17, 15) is 4.79 Å². The Morgan fingerprint density at radius 3 is 2.94 bits per heavy atom. The Labute approximate surface area is 115 Å². The summed E-state index contributed by atoms with van der Waals surface area (Å²) in [4.78, 5) is 16.7. The number of amides is 1. The molecule has 1 aliphatic rings. The van der Waals surface area contributed by atoms with Crippen molar-refractivity contribution in [2.24, 2.45) is 5.73 Å². The molecule has 100 valence electrons. The van der Waals surface area contributed by atoms with Crippen LogP contribution in [-0.2, 0) is 4.74 Å². The van der Waals surface area contributed by atoms with E-state index in [1.807, 2.05) is 6.92 Å². The van der Waals surface area contributed by atoms with Gasteiger partial charge in [-0.2, -0.15) is 0 Å². The summed E-state index contributed by atoms with van der Waals surface area (Å²) in [6, 6.07) is 1.42. The van der Waals surface area contributed by atoms with Gasteiger partial charge in [-0.3, -0.25) is 4.79 Å². The molecule has 2 unspecified atom stereocenters. The van der Waals surface area contributed by atoms with Gasteiger partial charge in [0.05, 0.1) is 17.7 Å². The number of hydrogen-bond acceptors (Lipinski definition) is 3. The monoisotopic (exact) mass is 291 g/mol. The normalized spacial score (nSPS) is 22.0. The summed E-state index contributed by atoms with van der Waals surface area (Å²) < 4.78 is 5.50. The summed E-state index contributed by atoms with van der Waals surface area (Å²) in [5.41, 5.74) is 6.17. The van der Waals surface area contributed by atoms with E-state index in [1.165, 1.54) is 6.07 Å². The minimum Gasteiger partial charge on any atom is -0.373 e. The lowest BCUT2D eigenvalue weighted by Gasteiger charge is -2.34. The minimum absolute atomic E-state index is 0.114. The van der Waals surface area contributed by atoms with E-state index in [4.69, 9.17) is 33.7 Å². The number of aromatic nitrogens is 1. The van der Waals surface area contributed by atoms with Crippen molar-refractivity contribution in [2.75, 3.05) is 19.7 Å². The average molecular weight is 292 g/mol. The Morgan fingerprint density at radius 1 is 1.67 bits per heavy atom. The number of morpholine rings is 1. The first-order valence-electron chi connectivity index (χ1n) is 5.69. The van der Waals surface area contributed by atoms with Crippen molar-refractivity contribution in [3.05, 3.63) is 21.9 Å². The summed E-state index contributed by atoms with van der Waals surface area (Å²) >= 11 is 11.6. The second-order valence-electron chi connectivity index (χ2n) is 4.36. The fraction of sp³-hybridized carbons (Fsp3) is 0.545. The van der Waals surface area contributed by atoms with Gasteiger partial charge in [-0.05, 0) is 13.0 Å². The largest absolute Gasteiger partial charge is 0.373 e. The van der Waals surface area contributed by atoms with Crippen LogP contribution in [0.15, 0.2) is 6.07 Å². The van der Waals surface area contributed by atoms with Gasteiger partial charge in [0.15, 0.2) is 0 Å². The molecular formula is C11H15Cl2N3O2. The number of nitrogens with one attached hydrogen (secondary N) is 1. The fourth-order valence-corrected chi connectivity index (χ4v) is 2.18. The second-order valence-corrected chi connectivity index (χ2v) is 5.15. The molecule has 2 heterocycles. The van der Waals surface area contributed by atoms with Crippen molar-refractivity contribution >= 4 is 29.1 Å². The van der Waals surface area contributed by atoms with Crippen LogP contribution in [0.2, 0.25) is 10.2 Å². The third-order valence-electron chi connectivity index (χ3n) is 2.92. The molecule has 1 aromatic heterocycles. The maximum atomic E-state index is 12.2. The summed E-state index contributed by atoms with van der Waals surface area (Å²) in [5, 5.41) is 0.619. The topological polar surface area (TPSA) is 71.3 Å². The van der Waals surface area contributed by atoms with Gasteiger partial charge in [-0.25, -0.2) is 0 Å². The van der Waals surface area contributed by atoms with Crippen LogP contribution in [-0.4, -0.2) is 47.6 Å². The average Bonchev–Trinajstić information content (AvgIpc) is 2.69. The van der Waals surface area contributed by atoms with Gasteiger partial charge < -0.3 is 20.4 Å². The number of nitrogens with zero attached hydrogens (tertiary/aromatic N) is 1. The number of ether oxygens (including phenoxy) is 1. The molecule has 1 aliphatic heterocycles. The summed E-state index contributed by atoms with van der Waals surface area (Å²) in [7, 11) is 0. The summed E-state index contributed by atoms with van der Waals surface area (Å²) in [5.74, 6) is -0.141. The number of nitrogens with two attached hydrogens (primary N) is 1. The molecule has 0 aromatic carbocycles. The smallest absolute Gasteiger partial charge is 0.270 e. The molecule has 18 heavy (non-hydrogen) atoms. The Kier molecular flexibility index (Phi) is 4.17. The van der Waals surface area contributed by atoms with Gasteiger partial charge in [-0.1, -0.05) is 23.2 Å². The van der Waals surface area contributed by atoms with Crippen LogP contribution >= 0.6 is 23.2 Å². The number of aromatic amines is 1. The Hall–Kier alpha value is -0.750. The highest BCUT2D eigenvalue weighted by Gasteiger charge is 2.28. The van der Waals surface area contributed by atoms with Crippen LogP contribution in [0.25, 0.3) is 0 Å². The molecule has 5 nitrogen and oxygen atoms in total. The quantitative estimate of drug-likeness (QED) is 0.868. The maximum Gasteiger partial charge on any atom is 0.270 e. The van der Waals surface area contributed by atoms with Crippen molar-refractivity contribution in [3.8, 4) is 0 Å². The molecule has 3 N–H and O–H groups in total. The van der Waals surface area contributed by atoms with Crippen molar-refractivity contribution < 1.29 is 9.53 Å². The summed E-state index contributed by atoms with van der Waals surface area (Å²) in [6.07, 6.45) is -0.136. The van der Waals surface area contributed by atoms with Crippen molar-refractivity contribution in [1.82, 2.24) is 9.88 Å². The molecule has 0 aliphatic carbocycles. The second kappa shape index (κ2) is 5.48. The number of hydrogen-bond donors (Lipinski definition) is 2. The third-order valence-corrected chi connectivity index (χ3v) is 3.62. The zero-order valence-electron chi connectivity index (χ0n) is 9.95. The number of H-pyrrole nitrogens is 1. The van der Waals surface area contributed by atoms with Crippen molar-refractivity contribution in [1.29, 1.82) is 0 Å². The molecule has 7 heteroatoms. The number of halogens is 2. The molecule has 1 amide bonds. The van der Waals surface area contributed by atoms with E-state index < -0.39 is 0 Å². The molecule has 0 radical (unpaired) electrons. The highest BCUT2D eigenvalue weighted by molar-refractivity contribution is 6.41. The zero-order valence-corrected chi connectivity index (χ0v) is 11.5. The van der Waals surface area contributed by atoms with Gasteiger partial charge in [0.25, 0.3) is 5.91 Å². The van der Waals surface area contributed by atoms with Gasteiger partial charge in [0.1, 0.15) is 10.8 Å². The van der Waals surface area contributed by atoms with Gasteiger partial charge in [-0.15, -0.1) is 0 Å². The van der Waals surface area contributed by atoms with E-state index in [0.29, 0.717) is 30.4 Å². The van der Waals surface area contributed by atoms with E-state index >= 15 is 0 Å². The lowest BCUT2D eigenvalue weighted by molar-refractivity contribution is -0.0301. The predicted octanol–water partition coefficient (Wildman–Crippen LogP) is 1.51. The minimum atomic E-state index is -0.141. The van der Waals surface area contributed by atoms with Crippen LogP contribution in [0.4, 0.5) is 0 Å². The van der Waals surface area contributed by atoms with Gasteiger partial charge >= 0.3 is 0 Å². The predicted molar refractivity (Wildman–Crippen MR) is 70.1 cm³/mol. The Morgan fingerprint density at radius 2 is 2.39 bits per heavy atom. The molecule has 1 fully saturated rings. The molecule has 0 bridgehead atoms. The van der Waals surface area contributed by atoms with Crippen LogP contribution in [0.3, 0.4) is 0 Å². The Bertz CT molecular complexity index is 428. The highest BCUT2D eigenvalue weighted by Crippen LogP contribution is 2.23. The van der Waals surface area contributed by atoms with Crippen LogP contribution in [0, 0.1) is 0 Å². The first-order chi connectivity index (χ1) is 8.49. The van der Waals surface area contributed by atoms with Gasteiger partial charge in [0.2, 0.25) is 0 Å². The maximum absolute atomic E-state index is 12.2. The Balaban J connectivity index is 2.09. The summed E-state index contributed by atoms with van der Waals surface area (Å²) in [6.45, 7) is 3.36. The van der Waals surface area contributed by atoms with Crippen molar-refractivity contribution in [2.45, 2.75) is 19.1 Å². The van der Waals surface area contributed by atoms with Crippen molar-refractivity contribution in [3.63, 3.8) is 0 Å². The number of carbonyl (C=O) groups excluding carboxylic acids is 1. The van der Waals surface area contributed by atoms with E-state index in [0.717, 1.165) is 0 Å². The molecule has 2 atom stereocenters. The first kappa shape index (κ1) is 13.7. The van der Waals surface area contributed by atoms with Gasteiger partial charge in [0, 0.05) is 19.1 Å². The lowest BCUT2D eigenvalue weighted by atomic mass is 10.1. The molecule has 0 saturated carbocycles. The number of rotatable bonds is 2. The molecular weight excluding hydrogens is 277 g/mol. The third kappa shape index (κ3) is 2.80. The van der Waals surface area contributed by atoms with Crippen LogP contribution < -0.4 is 5.73 Å². The van der Waals surface area contributed by atoms with E-state index in [2.05, 4.69) is 4.98 Å². The lowest BCUT2D eigenvalue weighted by Crippen LogP contribution is -2.51. The molecule has 1 saturated heterocycles. The van der Waals surface area contributed by atoms with E-state index in [-0.39, 0.29) is 23.2 Å². The number of carbonyl (C=O) groups is 1. The molecule has 0 spiro atoms. The first-order valence-corrected chi connectivity index (χ1v) is 6.45. The SMILES string of the molecule is CC(N)C1CN(C(=O)c2cc(Cl)c(Cl)[nH]2)CCO1. The molecule has 2 rings (SSSR count). The molecule has 1 aromatic rings. The zero-order chi connectivity index (χ0) is 13.3. The van der Waals surface area contributed by atoms with E-state index in [1.54, 1.807) is 4.90 Å². The van der Waals surface area contributed by atoms with Crippen LogP contribution in [0.1, 0.15) is 17.4 Å². The standard InChI is InChI=1S/C11H15Cl2N3O2/c1-6(14)9-5-16(2-3-18-9)11(17)8-4-7(12)10(13)15-8/h4,6,9,15H,2-3,5,14H2,1H3. The fourth-order valence-electron chi connectivity index (χ4n) is 1.87. The highest BCUT2D eigenvalue weighted by atomic mass is 35.5.